The summed E-state index contributed by atoms with van der Waals surface area (Å²) in [5.74, 6) is -2.25. The highest BCUT2D eigenvalue weighted by molar-refractivity contribution is 6.00. The first kappa shape index (κ1) is 27.0. The van der Waals surface area contributed by atoms with Gasteiger partial charge in [-0.1, -0.05) is 18.2 Å². The second kappa shape index (κ2) is 12.0. The molecule has 11 heteroatoms. The summed E-state index contributed by atoms with van der Waals surface area (Å²) >= 11 is 0. The number of benzene rings is 1. The number of hydrogen-bond donors (Lipinski definition) is 1. The number of nitrogens with one attached hydrogen (secondary N) is 1. The third-order valence-corrected chi connectivity index (χ3v) is 6.13. The molecule has 11 nitrogen and oxygen atoms in total. The summed E-state index contributed by atoms with van der Waals surface area (Å²) in [6.45, 7) is 3.88. The quantitative estimate of drug-likeness (QED) is 0.248. The molecule has 1 atom stereocenters. The van der Waals surface area contributed by atoms with Crippen molar-refractivity contribution in [3.8, 4) is 0 Å². The Labute approximate surface area is 224 Å². The van der Waals surface area contributed by atoms with Gasteiger partial charge in [-0.05, 0) is 43.7 Å². The molecule has 1 aliphatic rings. The summed E-state index contributed by atoms with van der Waals surface area (Å²) < 4.78 is 12.4. The third kappa shape index (κ3) is 6.27. The number of hydrogen-bond acceptors (Lipinski definition) is 9. The van der Waals surface area contributed by atoms with E-state index in [9.17, 15) is 19.7 Å². The molecule has 0 saturated carbocycles. The van der Waals surface area contributed by atoms with Gasteiger partial charge in [0, 0.05) is 35.9 Å². The molecule has 3 aromatic rings. The largest absolute Gasteiger partial charge is 0.466 e. The van der Waals surface area contributed by atoms with Crippen LogP contribution in [0.5, 0.6) is 0 Å². The number of esters is 2. The number of non-ortho nitro benzene ring substituents is 1. The van der Waals surface area contributed by atoms with E-state index in [1.165, 1.54) is 25.3 Å². The van der Waals surface area contributed by atoms with Crippen LogP contribution >= 0.6 is 0 Å². The Kier molecular flexibility index (Phi) is 8.30. The number of dihydropyridines is 1. The highest BCUT2D eigenvalue weighted by Crippen LogP contribution is 2.40. The molecule has 0 fully saturated rings. The average Bonchev–Trinajstić information content (AvgIpc) is 3.43. The number of carbonyl (C=O) groups excluding carboxylic acids is 2. The van der Waals surface area contributed by atoms with Crippen LogP contribution in [0.1, 0.15) is 36.7 Å². The number of ether oxygens (including phenoxy) is 2. The number of allylic oxidation sites excluding steroid dienone is 2. The van der Waals surface area contributed by atoms with Gasteiger partial charge in [0.2, 0.25) is 0 Å². The third-order valence-electron chi connectivity index (χ3n) is 6.13. The lowest BCUT2D eigenvalue weighted by molar-refractivity contribution is -0.384. The molecule has 0 saturated heterocycles. The lowest BCUT2D eigenvalue weighted by atomic mass is 9.80. The molecular formula is C28H27N5O6. The zero-order valence-electron chi connectivity index (χ0n) is 21.7. The van der Waals surface area contributed by atoms with Gasteiger partial charge in [-0.2, -0.15) is 0 Å². The molecule has 39 heavy (non-hydrogen) atoms. The Hall–Kier alpha value is -5.06. The van der Waals surface area contributed by atoms with Crippen LogP contribution in [-0.4, -0.2) is 45.1 Å². The summed E-state index contributed by atoms with van der Waals surface area (Å²) in [7, 11) is 1.24. The Morgan fingerprint density at radius 3 is 2.56 bits per heavy atom. The minimum Gasteiger partial charge on any atom is -0.466 e. The van der Waals surface area contributed by atoms with Gasteiger partial charge in [-0.3, -0.25) is 15.1 Å². The number of aromatic nitrogens is 3. The normalized spacial score (nSPS) is 15.3. The smallest absolute Gasteiger partial charge is 0.337 e. The first-order chi connectivity index (χ1) is 18.8. The van der Waals surface area contributed by atoms with Gasteiger partial charge in [-0.25, -0.2) is 14.6 Å². The van der Waals surface area contributed by atoms with Crippen molar-refractivity contribution in [2.24, 2.45) is 0 Å². The van der Waals surface area contributed by atoms with E-state index >= 15 is 0 Å². The Morgan fingerprint density at radius 1 is 1.13 bits per heavy atom. The molecule has 0 radical (unpaired) electrons. The van der Waals surface area contributed by atoms with Crippen molar-refractivity contribution in [2.45, 2.75) is 26.3 Å². The van der Waals surface area contributed by atoms with E-state index in [1.54, 1.807) is 44.6 Å². The van der Waals surface area contributed by atoms with E-state index in [0.717, 1.165) is 5.69 Å². The summed E-state index contributed by atoms with van der Waals surface area (Å²) in [6.07, 6.45) is 8.67. The minimum atomic E-state index is -0.920. The fraction of sp³-hybridized carbons (Fsp3) is 0.214. The highest BCUT2D eigenvalue weighted by Gasteiger charge is 2.38. The number of pyridine rings is 1. The topological polar surface area (TPSA) is 138 Å². The van der Waals surface area contributed by atoms with E-state index < -0.39 is 22.8 Å². The number of imidazole rings is 1. The fourth-order valence-corrected chi connectivity index (χ4v) is 4.41. The molecule has 2 aromatic heterocycles. The molecule has 1 unspecified atom stereocenters. The molecule has 1 N–H and O–H groups in total. The van der Waals surface area contributed by atoms with E-state index in [1.807, 2.05) is 29.0 Å². The zero-order valence-corrected chi connectivity index (χ0v) is 21.7. The van der Waals surface area contributed by atoms with E-state index in [0.29, 0.717) is 29.2 Å². The van der Waals surface area contributed by atoms with Crippen molar-refractivity contribution < 1.29 is 24.0 Å². The molecule has 0 aliphatic carbocycles. The van der Waals surface area contributed by atoms with Gasteiger partial charge in [0.25, 0.3) is 5.69 Å². The van der Waals surface area contributed by atoms with Crippen LogP contribution in [0.3, 0.4) is 0 Å². The number of nitro groups is 1. The van der Waals surface area contributed by atoms with Crippen LogP contribution in [0.4, 0.5) is 5.69 Å². The first-order valence-electron chi connectivity index (χ1n) is 12.0. The highest BCUT2D eigenvalue weighted by atomic mass is 16.6. The predicted molar refractivity (Wildman–Crippen MR) is 142 cm³/mol. The van der Waals surface area contributed by atoms with Gasteiger partial charge in [0.15, 0.2) is 0 Å². The summed E-state index contributed by atoms with van der Waals surface area (Å²) in [4.78, 5) is 45.6. The van der Waals surface area contributed by atoms with E-state index in [4.69, 9.17) is 9.47 Å². The number of carbonyl (C=O) groups is 2. The van der Waals surface area contributed by atoms with Gasteiger partial charge in [-0.15, -0.1) is 0 Å². The Morgan fingerprint density at radius 2 is 1.87 bits per heavy atom. The van der Waals surface area contributed by atoms with Crippen molar-refractivity contribution in [2.75, 3.05) is 13.7 Å². The van der Waals surface area contributed by atoms with Crippen LogP contribution < -0.4 is 5.32 Å². The molecule has 0 bridgehead atoms. The van der Waals surface area contributed by atoms with Crippen LogP contribution in [0.25, 0.3) is 6.08 Å². The lowest BCUT2D eigenvalue weighted by Crippen LogP contribution is -2.32. The van der Waals surface area contributed by atoms with Crippen molar-refractivity contribution in [3.05, 3.63) is 117 Å². The molecular weight excluding hydrogens is 502 g/mol. The fourth-order valence-electron chi connectivity index (χ4n) is 4.41. The summed E-state index contributed by atoms with van der Waals surface area (Å²) in [5, 5.41) is 14.5. The lowest BCUT2D eigenvalue weighted by Gasteiger charge is -2.30. The second-order valence-corrected chi connectivity index (χ2v) is 8.77. The molecule has 0 spiro atoms. The minimum absolute atomic E-state index is 0.0546. The van der Waals surface area contributed by atoms with Crippen molar-refractivity contribution in [1.82, 2.24) is 19.9 Å². The van der Waals surface area contributed by atoms with Crippen LogP contribution in [-0.2, 0) is 25.6 Å². The monoisotopic (exact) mass is 529 g/mol. The Balaban J connectivity index is 1.54. The maximum Gasteiger partial charge on any atom is 0.337 e. The standard InChI is InChI=1S/C28H27N5O6/c1-18-24(27(34)38-3)26(20-7-4-11-23(15-20)33(36)37)25(19(2)30-18)28(35)39-14-6-10-21-8-5-9-22(31-21)16-32-13-12-29-17-32/h4-13,15,17,26,30H,14,16H2,1-3H3/b10-6+. The molecule has 3 heterocycles. The average molecular weight is 530 g/mol. The summed E-state index contributed by atoms with van der Waals surface area (Å²) in [5.41, 5.74) is 3.06. The van der Waals surface area contributed by atoms with Crippen molar-refractivity contribution in [1.29, 1.82) is 0 Å². The van der Waals surface area contributed by atoms with Crippen LogP contribution in [0.2, 0.25) is 0 Å². The zero-order chi connectivity index (χ0) is 27.9. The van der Waals surface area contributed by atoms with Gasteiger partial charge >= 0.3 is 11.9 Å². The molecule has 1 aromatic carbocycles. The molecule has 4 rings (SSSR count). The number of nitro benzene ring substituents is 1. The number of nitrogens with zero attached hydrogens (tertiary/aromatic N) is 4. The van der Waals surface area contributed by atoms with E-state index in [-0.39, 0.29) is 23.4 Å². The van der Waals surface area contributed by atoms with Gasteiger partial charge < -0.3 is 19.4 Å². The molecule has 0 amide bonds. The van der Waals surface area contributed by atoms with E-state index in [2.05, 4.69) is 15.3 Å². The van der Waals surface area contributed by atoms with Crippen molar-refractivity contribution >= 4 is 23.7 Å². The Bertz CT molecular complexity index is 1490. The van der Waals surface area contributed by atoms with Crippen LogP contribution in [0.15, 0.2) is 89.8 Å². The van der Waals surface area contributed by atoms with Crippen LogP contribution in [0, 0.1) is 10.1 Å². The van der Waals surface area contributed by atoms with Gasteiger partial charge in [0.1, 0.15) is 6.61 Å². The van der Waals surface area contributed by atoms with Gasteiger partial charge in [0.05, 0.1) is 53.4 Å². The maximum atomic E-state index is 13.3. The first-order valence-corrected chi connectivity index (χ1v) is 12.0. The summed E-state index contributed by atoms with van der Waals surface area (Å²) in [6, 6.07) is 11.5. The second-order valence-electron chi connectivity index (χ2n) is 8.77. The number of rotatable bonds is 9. The predicted octanol–water partition coefficient (Wildman–Crippen LogP) is 3.90. The number of methoxy groups -OCH3 is 1. The maximum absolute atomic E-state index is 13.3. The SMILES string of the molecule is COC(=O)C1=C(C)NC(C)=C(C(=O)OC/C=C/c2cccc(Cn3ccnc3)n2)C1c1cccc([N+](=O)[O-])c1. The molecule has 1 aliphatic heterocycles. The van der Waals surface area contributed by atoms with Crippen molar-refractivity contribution in [3.63, 3.8) is 0 Å². The molecule has 200 valence electrons.